The number of amidine groups is 1. The maximum Gasteiger partial charge on any atom is 0.323 e. The first-order valence-electron chi connectivity index (χ1n) is 9.16. The summed E-state index contributed by atoms with van der Waals surface area (Å²) in [6.07, 6.45) is 0. The molecule has 6 N–H and O–H groups in total. The first kappa shape index (κ1) is 21.5. The monoisotopic (exact) mass is 441 g/mol. The number of nitrogens with one attached hydrogen (secondary N) is 4. The van der Waals surface area contributed by atoms with Crippen molar-refractivity contribution in [2.45, 2.75) is 13.0 Å². The number of amides is 2. The molecule has 0 saturated carbocycles. The second-order valence-electron chi connectivity index (χ2n) is 6.66. The van der Waals surface area contributed by atoms with Crippen LogP contribution in [0.15, 0.2) is 66.7 Å². The highest BCUT2D eigenvalue weighted by atomic mass is 35.5. The fourth-order valence-electron chi connectivity index (χ4n) is 2.85. The molecule has 6 nitrogen and oxygen atoms in total. The maximum absolute atomic E-state index is 12.5. The van der Waals surface area contributed by atoms with Crippen LogP contribution in [-0.2, 0) is 0 Å². The van der Waals surface area contributed by atoms with Crippen LogP contribution >= 0.6 is 23.2 Å². The zero-order valence-corrected chi connectivity index (χ0v) is 17.7. The van der Waals surface area contributed by atoms with Gasteiger partial charge >= 0.3 is 6.03 Å². The van der Waals surface area contributed by atoms with Crippen LogP contribution in [0.1, 0.15) is 24.1 Å². The van der Waals surface area contributed by atoms with Crippen molar-refractivity contribution in [1.82, 2.24) is 0 Å². The molecule has 0 radical (unpaired) electrons. The summed E-state index contributed by atoms with van der Waals surface area (Å²) in [5, 5.41) is 17.0. The molecule has 0 aromatic heterocycles. The van der Waals surface area contributed by atoms with E-state index in [4.69, 9.17) is 34.3 Å². The van der Waals surface area contributed by atoms with E-state index < -0.39 is 6.03 Å². The fraction of sp³-hybridized carbons (Fsp3) is 0.0909. The third-order valence-corrected chi connectivity index (χ3v) is 5.16. The standard InChI is InChI=1S/C22H21Cl2N5O/c1-13(14-5-3-2-4-6-14)27-19-11-17(23)18(24)12-20(19)29-22(30)28-16-9-7-15(8-10-16)21(25)26/h2-13,27H,1H3,(H3,25,26)(H2,28,29,30). The lowest BCUT2D eigenvalue weighted by atomic mass is 10.1. The molecular formula is C22H21Cl2N5O. The van der Waals surface area contributed by atoms with Crippen LogP contribution in [0.4, 0.5) is 21.9 Å². The molecular weight excluding hydrogens is 421 g/mol. The van der Waals surface area contributed by atoms with Crippen LogP contribution in [0.2, 0.25) is 10.0 Å². The van der Waals surface area contributed by atoms with Crippen LogP contribution in [0.3, 0.4) is 0 Å². The van der Waals surface area contributed by atoms with Gasteiger partial charge in [0.05, 0.1) is 21.4 Å². The van der Waals surface area contributed by atoms with E-state index in [1.807, 2.05) is 37.3 Å². The van der Waals surface area contributed by atoms with Crippen molar-refractivity contribution in [2.75, 3.05) is 16.0 Å². The van der Waals surface area contributed by atoms with Gasteiger partial charge in [0.15, 0.2) is 0 Å². The highest BCUT2D eigenvalue weighted by Gasteiger charge is 2.14. The fourth-order valence-corrected chi connectivity index (χ4v) is 3.17. The number of benzene rings is 3. The first-order chi connectivity index (χ1) is 14.3. The van der Waals surface area contributed by atoms with E-state index in [1.54, 1.807) is 36.4 Å². The second-order valence-corrected chi connectivity index (χ2v) is 7.47. The van der Waals surface area contributed by atoms with E-state index in [-0.39, 0.29) is 11.9 Å². The molecule has 0 bridgehead atoms. The summed E-state index contributed by atoms with van der Waals surface area (Å²) >= 11 is 12.4. The van der Waals surface area contributed by atoms with Crippen molar-refractivity contribution < 1.29 is 4.79 Å². The summed E-state index contributed by atoms with van der Waals surface area (Å²) in [5.41, 5.74) is 8.80. The number of urea groups is 1. The molecule has 0 aliphatic rings. The normalized spacial score (nSPS) is 11.4. The Balaban J connectivity index is 1.76. The third kappa shape index (κ3) is 5.43. The lowest BCUT2D eigenvalue weighted by Crippen LogP contribution is -2.21. The van der Waals surface area contributed by atoms with Crippen molar-refractivity contribution in [2.24, 2.45) is 5.73 Å². The van der Waals surface area contributed by atoms with Crippen molar-refractivity contribution in [3.63, 3.8) is 0 Å². The second kappa shape index (κ2) is 9.52. The zero-order chi connectivity index (χ0) is 21.7. The van der Waals surface area contributed by atoms with Gasteiger partial charge in [-0.15, -0.1) is 0 Å². The van der Waals surface area contributed by atoms with Gasteiger partial charge in [-0.25, -0.2) is 4.79 Å². The van der Waals surface area contributed by atoms with Crippen molar-refractivity contribution in [1.29, 1.82) is 5.41 Å². The topological polar surface area (TPSA) is 103 Å². The van der Waals surface area contributed by atoms with E-state index in [1.165, 1.54) is 0 Å². The lowest BCUT2D eigenvalue weighted by Gasteiger charge is -2.20. The SMILES string of the molecule is CC(Nc1cc(Cl)c(Cl)cc1NC(=O)Nc1ccc(C(=N)N)cc1)c1ccccc1. The summed E-state index contributed by atoms with van der Waals surface area (Å²) in [6, 6.07) is 19.4. The Kier molecular flexibility index (Phi) is 6.82. The Hall–Kier alpha value is -3.22. The number of nitrogen functional groups attached to an aromatic ring is 1. The maximum atomic E-state index is 12.5. The van der Waals surface area contributed by atoms with Gasteiger partial charge in [-0.2, -0.15) is 0 Å². The molecule has 154 valence electrons. The molecule has 0 spiro atoms. The van der Waals surface area contributed by atoms with Gasteiger partial charge < -0.3 is 21.7 Å². The van der Waals surface area contributed by atoms with E-state index in [9.17, 15) is 4.79 Å². The minimum Gasteiger partial charge on any atom is -0.384 e. The molecule has 1 atom stereocenters. The molecule has 3 aromatic rings. The minimum absolute atomic E-state index is 0.0221. The molecule has 8 heteroatoms. The molecule has 30 heavy (non-hydrogen) atoms. The molecule has 1 unspecified atom stereocenters. The van der Waals surface area contributed by atoms with Gasteiger partial charge in [-0.1, -0.05) is 53.5 Å². The molecule has 2 amide bonds. The Morgan fingerprint density at radius 3 is 2.13 bits per heavy atom. The van der Waals surface area contributed by atoms with Gasteiger partial charge in [-0.05, 0) is 48.9 Å². The van der Waals surface area contributed by atoms with E-state index >= 15 is 0 Å². The quantitative estimate of drug-likeness (QED) is 0.236. The molecule has 3 rings (SSSR count). The number of rotatable bonds is 6. The Morgan fingerprint density at radius 2 is 1.53 bits per heavy atom. The molecule has 0 aliphatic carbocycles. The zero-order valence-electron chi connectivity index (χ0n) is 16.2. The van der Waals surface area contributed by atoms with Crippen molar-refractivity contribution >= 4 is 52.1 Å². The Labute approximate surface area is 184 Å². The number of carbonyl (C=O) groups excluding carboxylic acids is 1. The summed E-state index contributed by atoms with van der Waals surface area (Å²) in [6.45, 7) is 2.01. The molecule has 0 fully saturated rings. The van der Waals surface area contributed by atoms with Crippen LogP contribution < -0.4 is 21.7 Å². The highest BCUT2D eigenvalue weighted by molar-refractivity contribution is 6.42. The molecule has 0 heterocycles. The molecule has 0 aliphatic heterocycles. The smallest absolute Gasteiger partial charge is 0.323 e. The highest BCUT2D eigenvalue weighted by Crippen LogP contribution is 2.34. The van der Waals surface area contributed by atoms with E-state index in [0.29, 0.717) is 32.7 Å². The van der Waals surface area contributed by atoms with Gasteiger partial charge in [0.1, 0.15) is 5.84 Å². The van der Waals surface area contributed by atoms with Gasteiger partial charge in [-0.3, -0.25) is 5.41 Å². The van der Waals surface area contributed by atoms with Crippen LogP contribution in [0, 0.1) is 5.41 Å². The minimum atomic E-state index is -0.445. The van der Waals surface area contributed by atoms with E-state index in [2.05, 4.69) is 16.0 Å². The lowest BCUT2D eigenvalue weighted by molar-refractivity contribution is 0.262. The predicted molar refractivity (Wildman–Crippen MR) is 125 cm³/mol. The number of carbonyl (C=O) groups is 1. The average molecular weight is 442 g/mol. The summed E-state index contributed by atoms with van der Waals surface area (Å²) in [7, 11) is 0. The largest absolute Gasteiger partial charge is 0.384 e. The van der Waals surface area contributed by atoms with Gasteiger partial charge in [0.2, 0.25) is 0 Å². The van der Waals surface area contributed by atoms with Crippen LogP contribution in [0.5, 0.6) is 0 Å². The number of nitrogens with two attached hydrogens (primary N) is 1. The summed E-state index contributed by atoms with van der Waals surface area (Å²) in [5.74, 6) is -0.0370. The summed E-state index contributed by atoms with van der Waals surface area (Å²) < 4.78 is 0. The number of hydrogen-bond donors (Lipinski definition) is 5. The number of hydrogen-bond acceptors (Lipinski definition) is 3. The number of anilines is 3. The molecule has 0 saturated heterocycles. The third-order valence-electron chi connectivity index (χ3n) is 4.43. The van der Waals surface area contributed by atoms with Gasteiger partial charge in [0, 0.05) is 17.3 Å². The van der Waals surface area contributed by atoms with Crippen molar-refractivity contribution in [3.8, 4) is 0 Å². The van der Waals surface area contributed by atoms with Crippen LogP contribution in [0.25, 0.3) is 0 Å². The van der Waals surface area contributed by atoms with Crippen molar-refractivity contribution in [3.05, 3.63) is 87.9 Å². The van der Waals surface area contributed by atoms with E-state index in [0.717, 1.165) is 5.56 Å². The average Bonchev–Trinajstić information content (AvgIpc) is 2.72. The Morgan fingerprint density at radius 1 is 0.933 bits per heavy atom. The van der Waals surface area contributed by atoms with Crippen LogP contribution in [-0.4, -0.2) is 11.9 Å². The van der Waals surface area contributed by atoms with Gasteiger partial charge in [0.25, 0.3) is 0 Å². The first-order valence-corrected chi connectivity index (χ1v) is 9.92. The molecule has 3 aromatic carbocycles. The Bertz CT molecular complexity index is 1060. The summed E-state index contributed by atoms with van der Waals surface area (Å²) in [4.78, 5) is 12.5. The number of halogens is 2. The predicted octanol–water partition coefficient (Wildman–Crippen LogP) is 6.09.